The maximum Gasteiger partial charge on any atom is 0.0946 e. The largest absolute Gasteiger partial charge is 0.336 e. The molecule has 0 aliphatic rings. The van der Waals surface area contributed by atoms with Gasteiger partial charge in [-0.2, -0.15) is 0 Å². The van der Waals surface area contributed by atoms with Crippen molar-refractivity contribution in [2.45, 2.75) is 36.8 Å². The normalized spacial score (nSPS) is 13.5. The van der Waals surface area contributed by atoms with Gasteiger partial charge in [0.2, 0.25) is 0 Å². The molecule has 0 spiro atoms. The Morgan fingerprint density at radius 1 is 1.08 bits per heavy atom. The number of imidazole rings is 1. The minimum absolute atomic E-state index is 0.118. The monoisotopic (exact) mass is 448 g/mol. The summed E-state index contributed by atoms with van der Waals surface area (Å²) in [5.74, 6) is 0.999. The van der Waals surface area contributed by atoms with E-state index in [9.17, 15) is 0 Å². The number of aromatic nitrogens is 2. The summed E-state index contributed by atoms with van der Waals surface area (Å²) in [5.41, 5.74) is 2.68. The molecule has 5 heteroatoms. The molecule has 0 aliphatic heterocycles. The molecule has 0 bridgehead atoms. The maximum absolute atomic E-state index is 6.01. The highest BCUT2D eigenvalue weighted by Gasteiger charge is 2.25. The first-order valence-electron chi connectivity index (χ1n) is 8.61. The van der Waals surface area contributed by atoms with Crippen molar-refractivity contribution in [3.05, 3.63) is 87.9 Å². The lowest BCUT2D eigenvalue weighted by Gasteiger charge is -2.30. The smallest absolute Gasteiger partial charge is 0.0946 e. The van der Waals surface area contributed by atoms with E-state index in [1.54, 1.807) is 0 Å². The van der Waals surface area contributed by atoms with Crippen molar-refractivity contribution >= 4 is 39.3 Å². The number of hydrogen-bond acceptors (Lipinski definition) is 2. The maximum atomic E-state index is 6.01. The number of halogens is 2. The van der Waals surface area contributed by atoms with Crippen LogP contribution >= 0.6 is 39.3 Å². The van der Waals surface area contributed by atoms with Gasteiger partial charge in [0.15, 0.2) is 0 Å². The van der Waals surface area contributed by atoms with E-state index in [0.717, 1.165) is 34.6 Å². The Kier molecular flexibility index (Phi) is 6.85. The predicted octanol–water partition coefficient (Wildman–Crippen LogP) is 6.62. The second-order valence-electron chi connectivity index (χ2n) is 6.73. The molecule has 1 aromatic heterocycles. The average molecular weight is 450 g/mol. The number of aryl methyl sites for hydroxylation is 1. The Balaban J connectivity index is 1.68. The molecular weight excluding hydrogens is 428 g/mol. The topological polar surface area (TPSA) is 17.8 Å². The summed E-state index contributed by atoms with van der Waals surface area (Å²) in [6.07, 6.45) is 7.92. The minimum Gasteiger partial charge on any atom is -0.336 e. The van der Waals surface area contributed by atoms with Gasteiger partial charge in [-0.15, -0.1) is 11.8 Å². The van der Waals surface area contributed by atoms with Crippen molar-refractivity contribution in [2.75, 3.05) is 0 Å². The second-order valence-corrected chi connectivity index (χ2v) is 9.64. The van der Waals surface area contributed by atoms with Gasteiger partial charge in [-0.3, -0.25) is 0 Å². The van der Waals surface area contributed by atoms with Gasteiger partial charge >= 0.3 is 0 Å². The van der Waals surface area contributed by atoms with E-state index in [0.29, 0.717) is 0 Å². The van der Waals surface area contributed by atoms with Crippen molar-refractivity contribution in [1.82, 2.24) is 9.55 Å². The lowest BCUT2D eigenvalue weighted by Crippen LogP contribution is -2.27. The van der Waals surface area contributed by atoms with E-state index >= 15 is 0 Å². The molecule has 1 unspecified atom stereocenters. The minimum atomic E-state index is 0.118. The van der Waals surface area contributed by atoms with Gasteiger partial charge in [-0.05, 0) is 55.2 Å². The third-order valence-corrected chi connectivity index (χ3v) is 6.72. The SMILES string of the molecule is CC(CCc1ccc(Cl)cc1)(Cn1ccnc1)SCc1ccc(Br)cc1. The molecule has 0 aliphatic carbocycles. The third-order valence-electron chi connectivity index (χ3n) is 4.43. The molecule has 0 amide bonds. The number of thioether (sulfide) groups is 1. The molecule has 0 radical (unpaired) electrons. The predicted molar refractivity (Wildman–Crippen MR) is 116 cm³/mol. The van der Waals surface area contributed by atoms with Gasteiger partial charge in [0.1, 0.15) is 0 Å². The van der Waals surface area contributed by atoms with Crippen molar-refractivity contribution in [1.29, 1.82) is 0 Å². The molecule has 1 heterocycles. The Morgan fingerprint density at radius 3 is 2.42 bits per heavy atom. The second kappa shape index (κ2) is 9.12. The number of nitrogens with zero attached hydrogens (tertiary/aromatic N) is 2. The zero-order valence-corrected chi connectivity index (χ0v) is 17.9. The molecule has 0 N–H and O–H groups in total. The molecule has 0 saturated heterocycles. The number of hydrogen-bond donors (Lipinski definition) is 0. The Hall–Kier alpha value is -1.23. The summed E-state index contributed by atoms with van der Waals surface area (Å²) >= 11 is 11.5. The molecule has 136 valence electrons. The van der Waals surface area contributed by atoms with Crippen LogP contribution in [0.25, 0.3) is 0 Å². The average Bonchev–Trinajstić information content (AvgIpc) is 3.14. The van der Waals surface area contributed by atoms with Crippen LogP contribution in [0.3, 0.4) is 0 Å². The number of benzene rings is 2. The fraction of sp³-hybridized carbons (Fsp3) is 0.286. The van der Waals surface area contributed by atoms with Crippen LogP contribution in [0.4, 0.5) is 0 Å². The molecule has 3 aromatic rings. The quantitative estimate of drug-likeness (QED) is 0.384. The van der Waals surface area contributed by atoms with Crippen molar-refractivity contribution in [3.8, 4) is 0 Å². The van der Waals surface area contributed by atoms with E-state index in [4.69, 9.17) is 11.6 Å². The van der Waals surface area contributed by atoms with E-state index in [2.05, 4.69) is 68.8 Å². The van der Waals surface area contributed by atoms with Gasteiger partial charge < -0.3 is 4.57 Å². The summed E-state index contributed by atoms with van der Waals surface area (Å²) in [4.78, 5) is 4.20. The Bertz CT molecular complexity index is 752. The van der Waals surface area contributed by atoms with Crippen LogP contribution in [0.5, 0.6) is 0 Å². The molecule has 3 rings (SSSR count). The van der Waals surface area contributed by atoms with Gasteiger partial charge in [0, 0.05) is 38.9 Å². The molecule has 26 heavy (non-hydrogen) atoms. The molecule has 1 atom stereocenters. The van der Waals surface area contributed by atoms with Gasteiger partial charge in [0.05, 0.1) is 6.33 Å². The van der Waals surface area contributed by atoms with Crippen LogP contribution in [0.15, 0.2) is 71.7 Å². The third kappa shape index (κ3) is 5.90. The number of rotatable bonds is 8. The summed E-state index contributed by atoms with van der Waals surface area (Å²) in [6, 6.07) is 16.8. The summed E-state index contributed by atoms with van der Waals surface area (Å²) in [6.45, 7) is 3.30. The van der Waals surface area contributed by atoms with Crippen molar-refractivity contribution in [3.63, 3.8) is 0 Å². The van der Waals surface area contributed by atoms with E-state index in [1.807, 2.05) is 42.6 Å². The summed E-state index contributed by atoms with van der Waals surface area (Å²) in [5, 5.41) is 0.791. The summed E-state index contributed by atoms with van der Waals surface area (Å²) in [7, 11) is 0. The highest BCUT2D eigenvalue weighted by atomic mass is 79.9. The van der Waals surface area contributed by atoms with Crippen LogP contribution in [0.1, 0.15) is 24.5 Å². The highest BCUT2D eigenvalue weighted by Crippen LogP contribution is 2.35. The Labute approximate surface area is 173 Å². The lowest BCUT2D eigenvalue weighted by atomic mass is 10.00. The van der Waals surface area contributed by atoms with Crippen LogP contribution in [0.2, 0.25) is 5.02 Å². The first-order valence-corrected chi connectivity index (χ1v) is 10.8. The zero-order chi connectivity index (χ0) is 18.4. The van der Waals surface area contributed by atoms with Crippen molar-refractivity contribution < 1.29 is 0 Å². The van der Waals surface area contributed by atoms with E-state index < -0.39 is 0 Å². The first kappa shape index (κ1) is 19.5. The van der Waals surface area contributed by atoms with E-state index in [-0.39, 0.29) is 4.75 Å². The van der Waals surface area contributed by atoms with Crippen LogP contribution in [-0.4, -0.2) is 14.3 Å². The molecule has 0 fully saturated rings. The van der Waals surface area contributed by atoms with Crippen LogP contribution in [0, 0.1) is 0 Å². The molecule has 2 nitrogen and oxygen atoms in total. The zero-order valence-electron chi connectivity index (χ0n) is 14.7. The van der Waals surface area contributed by atoms with Crippen LogP contribution < -0.4 is 0 Å². The molecular formula is C21H22BrClN2S. The molecule has 2 aromatic carbocycles. The van der Waals surface area contributed by atoms with Gasteiger partial charge in [0.25, 0.3) is 0 Å². The standard InChI is InChI=1S/C21H22BrClN2S/c1-21(15-25-13-12-24-16-25,11-10-17-4-8-20(23)9-5-17)26-14-18-2-6-19(22)7-3-18/h2-9,12-13,16H,10-11,14-15H2,1H3. The first-order chi connectivity index (χ1) is 12.5. The fourth-order valence-corrected chi connectivity index (χ4v) is 4.45. The highest BCUT2D eigenvalue weighted by molar-refractivity contribution is 9.10. The lowest BCUT2D eigenvalue weighted by molar-refractivity contribution is 0.495. The van der Waals surface area contributed by atoms with Crippen molar-refractivity contribution in [2.24, 2.45) is 0 Å². The van der Waals surface area contributed by atoms with Gasteiger partial charge in [-0.25, -0.2) is 4.98 Å². The van der Waals surface area contributed by atoms with Crippen LogP contribution in [-0.2, 0) is 18.7 Å². The van der Waals surface area contributed by atoms with E-state index in [1.165, 1.54) is 11.1 Å². The summed E-state index contributed by atoms with van der Waals surface area (Å²) < 4.78 is 3.42. The fourth-order valence-electron chi connectivity index (χ4n) is 2.86. The molecule has 0 saturated carbocycles. The Morgan fingerprint density at radius 2 is 1.77 bits per heavy atom. The van der Waals surface area contributed by atoms with Gasteiger partial charge in [-0.1, -0.05) is 51.8 Å².